The van der Waals surface area contributed by atoms with Crippen molar-refractivity contribution >= 4 is 16.0 Å². The minimum absolute atomic E-state index is 0.247. The van der Waals surface area contributed by atoms with Crippen LogP contribution in [0.25, 0.3) is 0 Å². The van der Waals surface area contributed by atoms with Crippen LogP contribution in [0.2, 0.25) is 0 Å². The van der Waals surface area contributed by atoms with E-state index in [9.17, 15) is 8.42 Å². The molecular formula is C11H18N4O3S. The minimum atomic E-state index is -3.42. The van der Waals surface area contributed by atoms with Crippen LogP contribution in [0.15, 0.2) is 18.2 Å². The molecule has 2 N–H and O–H groups in total. The summed E-state index contributed by atoms with van der Waals surface area (Å²) in [5.41, 5.74) is 6.28. The summed E-state index contributed by atoms with van der Waals surface area (Å²) >= 11 is 0. The van der Waals surface area contributed by atoms with E-state index in [2.05, 4.69) is 4.98 Å². The van der Waals surface area contributed by atoms with Crippen LogP contribution in [-0.4, -0.2) is 55.8 Å². The van der Waals surface area contributed by atoms with Gasteiger partial charge in [-0.2, -0.15) is 17.0 Å². The second-order valence-electron chi connectivity index (χ2n) is 4.49. The number of morpholine rings is 1. The van der Waals surface area contributed by atoms with Crippen LogP contribution >= 0.6 is 0 Å². The molecule has 2 rings (SSSR count). The first-order chi connectivity index (χ1) is 8.91. The molecule has 0 aliphatic carbocycles. The quantitative estimate of drug-likeness (QED) is 0.834. The standard InChI is InChI=1S/C11H18N4O3S/c1-14(2)19(16,17)15-6-7-18-10(8-15)9-4-3-5-11(12)13-9/h3-5,10H,6-8H2,1-2H3,(H2,12,13). The largest absolute Gasteiger partial charge is 0.384 e. The average molecular weight is 286 g/mol. The van der Waals surface area contributed by atoms with Gasteiger partial charge in [0.05, 0.1) is 12.3 Å². The van der Waals surface area contributed by atoms with E-state index in [4.69, 9.17) is 10.5 Å². The summed E-state index contributed by atoms with van der Waals surface area (Å²) in [5.74, 6) is 0.397. The first kappa shape index (κ1) is 14.2. The molecule has 1 aliphatic rings. The highest BCUT2D eigenvalue weighted by Gasteiger charge is 2.32. The molecule has 1 aliphatic heterocycles. The summed E-state index contributed by atoms with van der Waals surface area (Å²) in [7, 11) is -0.398. The molecule has 2 heterocycles. The number of pyridine rings is 1. The van der Waals surface area contributed by atoms with Gasteiger partial charge in [-0.25, -0.2) is 4.98 Å². The fourth-order valence-corrected chi connectivity index (χ4v) is 2.98. The zero-order valence-electron chi connectivity index (χ0n) is 11.0. The van der Waals surface area contributed by atoms with E-state index in [0.29, 0.717) is 24.7 Å². The van der Waals surface area contributed by atoms with Gasteiger partial charge in [0, 0.05) is 27.2 Å². The van der Waals surface area contributed by atoms with E-state index < -0.39 is 10.2 Å². The van der Waals surface area contributed by atoms with Crippen molar-refractivity contribution in [2.75, 3.05) is 39.5 Å². The van der Waals surface area contributed by atoms with E-state index in [1.54, 1.807) is 18.2 Å². The molecule has 19 heavy (non-hydrogen) atoms. The second-order valence-corrected chi connectivity index (χ2v) is 6.64. The summed E-state index contributed by atoms with van der Waals surface area (Å²) in [4.78, 5) is 4.18. The van der Waals surface area contributed by atoms with Gasteiger partial charge in [0.25, 0.3) is 10.2 Å². The van der Waals surface area contributed by atoms with Gasteiger partial charge in [-0.05, 0) is 12.1 Å². The van der Waals surface area contributed by atoms with Gasteiger partial charge in [-0.15, -0.1) is 0 Å². The summed E-state index contributed by atoms with van der Waals surface area (Å²) in [6, 6.07) is 5.24. The zero-order valence-corrected chi connectivity index (χ0v) is 11.8. The van der Waals surface area contributed by atoms with Gasteiger partial charge in [0.15, 0.2) is 0 Å². The van der Waals surface area contributed by atoms with E-state index >= 15 is 0 Å². The van der Waals surface area contributed by atoms with Crippen LogP contribution in [0.5, 0.6) is 0 Å². The minimum Gasteiger partial charge on any atom is -0.384 e. The maximum absolute atomic E-state index is 12.1. The molecule has 0 radical (unpaired) electrons. The third-order valence-electron chi connectivity index (χ3n) is 2.94. The first-order valence-electron chi connectivity index (χ1n) is 5.93. The van der Waals surface area contributed by atoms with E-state index in [1.165, 1.54) is 22.7 Å². The smallest absolute Gasteiger partial charge is 0.281 e. The lowest BCUT2D eigenvalue weighted by molar-refractivity contribution is -0.00615. The zero-order chi connectivity index (χ0) is 14.0. The molecule has 106 valence electrons. The van der Waals surface area contributed by atoms with Crippen molar-refractivity contribution in [2.45, 2.75) is 6.10 Å². The molecule has 0 amide bonds. The summed E-state index contributed by atoms with van der Waals surface area (Å²) < 4.78 is 32.3. The van der Waals surface area contributed by atoms with Crippen molar-refractivity contribution in [3.8, 4) is 0 Å². The number of nitrogens with zero attached hydrogens (tertiary/aromatic N) is 3. The maximum Gasteiger partial charge on any atom is 0.281 e. The van der Waals surface area contributed by atoms with Crippen molar-refractivity contribution in [2.24, 2.45) is 0 Å². The Morgan fingerprint density at radius 2 is 2.21 bits per heavy atom. The maximum atomic E-state index is 12.1. The molecule has 0 aromatic carbocycles. The predicted molar refractivity (Wildman–Crippen MR) is 71.5 cm³/mol. The predicted octanol–water partition coefficient (Wildman–Crippen LogP) is -0.156. The van der Waals surface area contributed by atoms with Crippen molar-refractivity contribution in [1.29, 1.82) is 0 Å². The topological polar surface area (TPSA) is 88.8 Å². The van der Waals surface area contributed by atoms with Gasteiger partial charge in [-0.1, -0.05) is 6.07 Å². The van der Waals surface area contributed by atoms with Crippen molar-refractivity contribution < 1.29 is 13.2 Å². The Balaban J connectivity index is 2.18. The lowest BCUT2D eigenvalue weighted by atomic mass is 10.2. The Labute approximate surface area is 113 Å². The molecule has 7 nitrogen and oxygen atoms in total. The van der Waals surface area contributed by atoms with Gasteiger partial charge in [0.2, 0.25) is 0 Å². The van der Waals surface area contributed by atoms with Gasteiger partial charge in [0.1, 0.15) is 11.9 Å². The van der Waals surface area contributed by atoms with Gasteiger partial charge in [-0.3, -0.25) is 0 Å². The van der Waals surface area contributed by atoms with Crippen LogP contribution in [0, 0.1) is 0 Å². The fraction of sp³-hybridized carbons (Fsp3) is 0.545. The highest BCUT2D eigenvalue weighted by atomic mass is 32.2. The van der Waals surface area contributed by atoms with E-state index in [1.807, 2.05) is 0 Å². The normalized spacial score (nSPS) is 21.7. The number of nitrogens with two attached hydrogens (primary N) is 1. The second kappa shape index (κ2) is 5.41. The first-order valence-corrected chi connectivity index (χ1v) is 7.32. The number of aromatic nitrogens is 1. The molecule has 1 unspecified atom stereocenters. The molecule has 0 spiro atoms. The van der Waals surface area contributed by atoms with Crippen LogP contribution < -0.4 is 5.73 Å². The van der Waals surface area contributed by atoms with Gasteiger partial charge >= 0.3 is 0 Å². The molecule has 1 atom stereocenters. The van der Waals surface area contributed by atoms with Crippen LogP contribution in [0.1, 0.15) is 11.8 Å². The summed E-state index contributed by atoms with van der Waals surface area (Å²) in [6.45, 7) is 0.935. The number of nitrogen functional groups attached to an aromatic ring is 1. The van der Waals surface area contributed by atoms with Gasteiger partial charge < -0.3 is 10.5 Å². The van der Waals surface area contributed by atoms with E-state index in [0.717, 1.165) is 0 Å². The Hall–Kier alpha value is -1.22. The SMILES string of the molecule is CN(C)S(=O)(=O)N1CCOC(c2cccc(N)n2)C1. The average Bonchev–Trinajstić information content (AvgIpc) is 2.38. The molecule has 1 fully saturated rings. The number of hydrogen-bond donors (Lipinski definition) is 1. The Kier molecular flexibility index (Phi) is 4.04. The van der Waals surface area contributed by atoms with E-state index in [-0.39, 0.29) is 12.6 Å². The van der Waals surface area contributed by atoms with Crippen molar-refractivity contribution in [3.63, 3.8) is 0 Å². The highest BCUT2D eigenvalue weighted by molar-refractivity contribution is 7.86. The third kappa shape index (κ3) is 3.03. The highest BCUT2D eigenvalue weighted by Crippen LogP contribution is 2.23. The Morgan fingerprint density at radius 1 is 1.47 bits per heavy atom. The Bertz CT molecular complexity index is 547. The molecule has 8 heteroatoms. The van der Waals surface area contributed by atoms with Crippen LogP contribution in [-0.2, 0) is 14.9 Å². The summed E-state index contributed by atoms with van der Waals surface area (Å²) in [6.07, 6.45) is -0.382. The lowest BCUT2D eigenvalue weighted by Crippen LogP contribution is -2.47. The molecular weight excluding hydrogens is 268 g/mol. The molecule has 1 saturated heterocycles. The van der Waals surface area contributed by atoms with Crippen molar-refractivity contribution in [1.82, 2.24) is 13.6 Å². The number of anilines is 1. The van der Waals surface area contributed by atoms with Crippen LogP contribution in [0.4, 0.5) is 5.82 Å². The Morgan fingerprint density at radius 3 is 2.84 bits per heavy atom. The number of hydrogen-bond acceptors (Lipinski definition) is 5. The lowest BCUT2D eigenvalue weighted by Gasteiger charge is -2.33. The number of rotatable bonds is 3. The molecule has 0 bridgehead atoms. The van der Waals surface area contributed by atoms with Crippen LogP contribution in [0.3, 0.4) is 0 Å². The summed E-state index contributed by atoms with van der Waals surface area (Å²) in [5, 5.41) is 0. The molecule has 1 aromatic rings. The number of ether oxygens (including phenoxy) is 1. The van der Waals surface area contributed by atoms with Crippen molar-refractivity contribution in [3.05, 3.63) is 23.9 Å². The fourth-order valence-electron chi connectivity index (χ4n) is 1.89. The monoisotopic (exact) mass is 286 g/mol. The molecule has 0 saturated carbocycles. The molecule has 1 aromatic heterocycles. The third-order valence-corrected chi connectivity index (χ3v) is 4.85.